The number of esters is 1. The zero-order chi connectivity index (χ0) is 27.4. The summed E-state index contributed by atoms with van der Waals surface area (Å²) in [6.45, 7) is 10.7. The number of halogens is 1. The zero-order valence-corrected chi connectivity index (χ0v) is 22.2. The highest BCUT2D eigenvalue weighted by Crippen LogP contribution is 2.45. The van der Waals surface area contributed by atoms with Crippen LogP contribution in [0.3, 0.4) is 0 Å². The van der Waals surface area contributed by atoms with Crippen molar-refractivity contribution in [1.29, 1.82) is 0 Å². The number of nitrogens with zero attached hydrogens (tertiary/aromatic N) is 1. The van der Waals surface area contributed by atoms with E-state index in [2.05, 4.69) is 11.6 Å². The van der Waals surface area contributed by atoms with Gasteiger partial charge in [-0.15, -0.1) is 6.58 Å². The van der Waals surface area contributed by atoms with Crippen molar-refractivity contribution >= 4 is 17.8 Å². The molecule has 0 aliphatic carbocycles. The molecule has 204 valence electrons. The van der Waals surface area contributed by atoms with Crippen molar-refractivity contribution in [3.63, 3.8) is 0 Å². The van der Waals surface area contributed by atoms with Crippen LogP contribution in [0.25, 0.3) is 6.08 Å². The van der Waals surface area contributed by atoms with Crippen molar-refractivity contribution < 1.29 is 33.7 Å². The van der Waals surface area contributed by atoms with Gasteiger partial charge in [0.15, 0.2) is 6.10 Å². The SMILES string of the molecule is C=CC[C@H]1C(=O)C(C)(C)[C@@H](O)CC(=O)O[C@H](C(F)=Cc2ccccn2)CC2OC2(C)CCC[C@H](C)C1O. The minimum absolute atomic E-state index is 0.120. The predicted octanol–water partition coefficient (Wildman–Crippen LogP) is 4.57. The lowest BCUT2D eigenvalue weighted by Gasteiger charge is -2.35. The second-order valence-corrected chi connectivity index (χ2v) is 11.2. The molecule has 2 aliphatic rings. The molecule has 37 heavy (non-hydrogen) atoms. The van der Waals surface area contributed by atoms with Gasteiger partial charge in [-0.3, -0.25) is 14.6 Å². The normalized spacial score (nSPS) is 35.8. The molecule has 8 heteroatoms. The number of ether oxygens (including phenoxy) is 2. The number of aliphatic hydroxyl groups excluding tert-OH is 2. The Labute approximate surface area is 218 Å². The van der Waals surface area contributed by atoms with Crippen LogP contribution in [-0.2, 0) is 19.1 Å². The smallest absolute Gasteiger partial charge is 0.309 e. The molecular formula is C29H40FNO6. The van der Waals surface area contributed by atoms with Gasteiger partial charge in [0.25, 0.3) is 0 Å². The first-order valence-corrected chi connectivity index (χ1v) is 13.1. The van der Waals surface area contributed by atoms with Crippen molar-refractivity contribution in [2.75, 3.05) is 0 Å². The minimum Gasteiger partial charge on any atom is -0.455 e. The molecule has 0 amide bonds. The van der Waals surface area contributed by atoms with Gasteiger partial charge in [0, 0.05) is 18.5 Å². The number of rotatable bonds is 4. The Morgan fingerprint density at radius 1 is 1.27 bits per heavy atom. The number of aromatic nitrogens is 1. The third-order valence-electron chi connectivity index (χ3n) is 7.93. The highest BCUT2D eigenvalue weighted by Gasteiger charge is 2.53. The number of fused-ring (bicyclic) bond motifs is 1. The van der Waals surface area contributed by atoms with E-state index >= 15 is 4.39 Å². The van der Waals surface area contributed by atoms with E-state index < -0.39 is 53.5 Å². The Hall–Kier alpha value is -2.42. The van der Waals surface area contributed by atoms with Gasteiger partial charge in [0.1, 0.15) is 11.6 Å². The van der Waals surface area contributed by atoms with Crippen LogP contribution >= 0.6 is 0 Å². The summed E-state index contributed by atoms with van der Waals surface area (Å²) in [6, 6.07) is 5.09. The van der Waals surface area contributed by atoms with Crippen LogP contribution in [-0.4, -0.2) is 57.0 Å². The Morgan fingerprint density at radius 2 is 2.00 bits per heavy atom. The van der Waals surface area contributed by atoms with E-state index in [4.69, 9.17) is 9.47 Å². The van der Waals surface area contributed by atoms with E-state index in [-0.39, 0.29) is 30.6 Å². The molecule has 2 fully saturated rings. The molecule has 2 saturated heterocycles. The van der Waals surface area contributed by atoms with Crippen LogP contribution in [0.2, 0.25) is 0 Å². The fourth-order valence-corrected chi connectivity index (χ4v) is 5.10. The molecule has 3 unspecified atom stereocenters. The number of allylic oxidation sites excluding steroid dienone is 1. The predicted molar refractivity (Wildman–Crippen MR) is 138 cm³/mol. The average molecular weight is 518 g/mol. The number of Topliss-reactive ketones (excluding diaryl/α,β-unsaturated/α-hetero) is 1. The van der Waals surface area contributed by atoms with Gasteiger partial charge in [-0.05, 0) is 50.3 Å². The maximum absolute atomic E-state index is 15.3. The molecule has 2 aliphatic heterocycles. The van der Waals surface area contributed by atoms with Crippen molar-refractivity contribution in [2.45, 2.75) is 96.2 Å². The van der Waals surface area contributed by atoms with Gasteiger partial charge in [-0.2, -0.15) is 0 Å². The Bertz CT molecular complexity index is 995. The van der Waals surface area contributed by atoms with Gasteiger partial charge >= 0.3 is 5.97 Å². The number of hydrogen-bond acceptors (Lipinski definition) is 7. The maximum atomic E-state index is 15.3. The van der Waals surface area contributed by atoms with Crippen LogP contribution in [0.5, 0.6) is 0 Å². The largest absolute Gasteiger partial charge is 0.455 e. The van der Waals surface area contributed by atoms with Gasteiger partial charge < -0.3 is 19.7 Å². The summed E-state index contributed by atoms with van der Waals surface area (Å²) in [5, 5.41) is 22.0. The first kappa shape index (κ1) is 29.1. The number of hydrogen-bond donors (Lipinski definition) is 2. The fourth-order valence-electron chi connectivity index (χ4n) is 5.10. The molecule has 7 nitrogen and oxygen atoms in total. The molecule has 3 rings (SSSR count). The molecule has 7 atom stereocenters. The second kappa shape index (κ2) is 12.0. The van der Waals surface area contributed by atoms with Crippen LogP contribution < -0.4 is 0 Å². The van der Waals surface area contributed by atoms with Gasteiger partial charge in [0.05, 0.1) is 41.4 Å². The summed E-state index contributed by atoms with van der Waals surface area (Å²) in [7, 11) is 0. The number of pyridine rings is 1. The first-order chi connectivity index (χ1) is 17.4. The Morgan fingerprint density at radius 3 is 2.65 bits per heavy atom. The summed E-state index contributed by atoms with van der Waals surface area (Å²) in [6.07, 6.45) is 2.48. The molecular weight excluding hydrogens is 477 g/mol. The summed E-state index contributed by atoms with van der Waals surface area (Å²) < 4.78 is 26.8. The summed E-state index contributed by atoms with van der Waals surface area (Å²) >= 11 is 0. The van der Waals surface area contributed by atoms with E-state index in [1.807, 2.05) is 13.8 Å². The van der Waals surface area contributed by atoms with Crippen molar-refractivity contribution in [3.8, 4) is 0 Å². The van der Waals surface area contributed by atoms with Crippen LogP contribution in [0.4, 0.5) is 4.39 Å². The molecule has 2 N–H and O–H groups in total. The topological polar surface area (TPSA) is 109 Å². The van der Waals surface area contributed by atoms with E-state index in [9.17, 15) is 19.8 Å². The third-order valence-corrected chi connectivity index (χ3v) is 7.93. The molecule has 1 aromatic heterocycles. The van der Waals surface area contributed by atoms with Crippen molar-refractivity contribution in [1.82, 2.24) is 4.98 Å². The first-order valence-electron chi connectivity index (χ1n) is 13.1. The number of aliphatic hydroxyl groups is 2. The Kier molecular flexibility index (Phi) is 9.42. The molecule has 1 aromatic rings. The summed E-state index contributed by atoms with van der Waals surface area (Å²) in [5.41, 5.74) is -1.45. The van der Waals surface area contributed by atoms with Crippen LogP contribution in [0.1, 0.15) is 71.9 Å². The number of cyclic esters (lactones) is 1. The monoisotopic (exact) mass is 517 g/mol. The molecule has 0 spiro atoms. The maximum Gasteiger partial charge on any atom is 0.309 e. The van der Waals surface area contributed by atoms with Crippen LogP contribution in [0.15, 0.2) is 42.9 Å². The van der Waals surface area contributed by atoms with Gasteiger partial charge in [-0.1, -0.05) is 39.3 Å². The fraction of sp³-hybridized carbons (Fsp3) is 0.621. The zero-order valence-electron chi connectivity index (χ0n) is 22.2. The third kappa shape index (κ3) is 7.12. The van der Waals surface area contributed by atoms with Crippen molar-refractivity contribution in [2.24, 2.45) is 17.3 Å². The number of epoxide rings is 1. The van der Waals surface area contributed by atoms with E-state index in [1.165, 1.54) is 12.3 Å². The average Bonchev–Trinajstić information content (AvgIpc) is 3.49. The Balaban J connectivity index is 1.89. The molecule has 0 aromatic carbocycles. The number of ketones is 1. The quantitative estimate of drug-likeness (QED) is 0.342. The lowest BCUT2D eigenvalue weighted by atomic mass is 9.71. The van der Waals surface area contributed by atoms with Gasteiger partial charge in [-0.25, -0.2) is 4.39 Å². The molecule has 0 radical (unpaired) electrons. The lowest BCUT2D eigenvalue weighted by Crippen LogP contribution is -2.46. The molecule has 0 bridgehead atoms. The van der Waals surface area contributed by atoms with E-state index in [0.29, 0.717) is 18.5 Å². The highest BCUT2D eigenvalue weighted by molar-refractivity contribution is 5.88. The van der Waals surface area contributed by atoms with Gasteiger partial charge in [0.2, 0.25) is 0 Å². The lowest BCUT2D eigenvalue weighted by molar-refractivity contribution is -0.155. The van der Waals surface area contributed by atoms with E-state index in [0.717, 1.165) is 6.42 Å². The highest BCUT2D eigenvalue weighted by atomic mass is 19.1. The number of carbonyl (C=O) groups is 2. The molecule has 3 heterocycles. The minimum atomic E-state index is -1.39. The van der Waals surface area contributed by atoms with E-state index in [1.54, 1.807) is 38.1 Å². The summed E-state index contributed by atoms with van der Waals surface area (Å²) in [5.74, 6) is -2.79. The van der Waals surface area contributed by atoms with Crippen molar-refractivity contribution in [3.05, 3.63) is 48.6 Å². The van der Waals surface area contributed by atoms with Crippen LogP contribution in [0, 0.1) is 17.3 Å². The summed E-state index contributed by atoms with van der Waals surface area (Å²) in [4.78, 5) is 30.5. The molecule has 0 saturated carbocycles. The second-order valence-electron chi connectivity index (χ2n) is 11.2. The number of carbonyl (C=O) groups excluding carboxylic acids is 2. The standard InChI is InChI=1S/C29H40FNO6/c1-6-10-20-26(34)18(2)11-9-13-29(5)24(37-29)16-22(21(30)15-19-12-7-8-14-31-19)36-25(33)17-23(32)28(3,4)27(20)35/h6-8,12,14-15,18,20,22-24,26,32,34H,1,9-11,13,16-17H2,2-5H3/t18-,20+,22-,23-,24?,26?,29?/m0/s1.